The quantitative estimate of drug-likeness (QED) is 0.746. The van der Waals surface area contributed by atoms with E-state index in [0.29, 0.717) is 24.6 Å². The van der Waals surface area contributed by atoms with Crippen LogP contribution in [-0.2, 0) is 4.79 Å². The van der Waals surface area contributed by atoms with Gasteiger partial charge in [-0.15, -0.1) is 0 Å². The monoisotopic (exact) mass is 342 g/mol. The number of benzene rings is 1. The number of halogens is 2. The number of carbonyl (C=O) groups excluding carboxylic acids is 1. The molecule has 0 aliphatic heterocycles. The number of hydrogen-bond donors (Lipinski definition) is 2. The summed E-state index contributed by atoms with van der Waals surface area (Å²) in [5.74, 6) is -0.0877. The van der Waals surface area contributed by atoms with Gasteiger partial charge in [-0.05, 0) is 50.9 Å². The van der Waals surface area contributed by atoms with Crippen LogP contribution in [-0.4, -0.2) is 18.5 Å². The maximum absolute atomic E-state index is 13.7. The van der Waals surface area contributed by atoms with Gasteiger partial charge in [-0.1, -0.05) is 15.9 Å². The van der Waals surface area contributed by atoms with Crippen LogP contribution in [0.3, 0.4) is 0 Å². The summed E-state index contributed by atoms with van der Waals surface area (Å²) >= 11 is 3.35. The first kappa shape index (κ1) is 15.4. The molecular formula is C15H20BrFN2O. The fourth-order valence-electron chi connectivity index (χ4n) is 2.05. The van der Waals surface area contributed by atoms with Crippen LogP contribution in [0.4, 0.5) is 4.39 Å². The highest BCUT2D eigenvalue weighted by molar-refractivity contribution is 9.10. The molecule has 5 heteroatoms. The van der Waals surface area contributed by atoms with Crippen LogP contribution >= 0.6 is 15.9 Å². The minimum absolute atomic E-state index is 0.0704. The number of nitrogens with one attached hydrogen (secondary N) is 2. The van der Waals surface area contributed by atoms with Crippen molar-refractivity contribution in [1.29, 1.82) is 0 Å². The normalized spacial score (nSPS) is 15.9. The molecule has 0 spiro atoms. The standard InChI is InChI=1S/C15H20BrFN2O/c1-10(13-9-11(16)4-7-14(13)17)18-8-2-3-15(20)19-12-5-6-12/h4,7,9-10,12,18H,2-3,5-6,8H2,1H3,(H,19,20). The molecule has 1 aromatic carbocycles. The van der Waals surface area contributed by atoms with Crippen molar-refractivity contribution in [3.8, 4) is 0 Å². The van der Waals surface area contributed by atoms with Crippen LogP contribution < -0.4 is 10.6 Å². The SMILES string of the molecule is CC(NCCCC(=O)NC1CC1)c1cc(Br)ccc1F. The molecule has 1 atom stereocenters. The van der Waals surface area contributed by atoms with Gasteiger partial charge in [-0.25, -0.2) is 4.39 Å². The van der Waals surface area contributed by atoms with Gasteiger partial charge in [0.05, 0.1) is 0 Å². The van der Waals surface area contributed by atoms with E-state index in [1.807, 2.05) is 6.92 Å². The first-order chi connectivity index (χ1) is 9.56. The molecule has 1 aliphatic carbocycles. The minimum atomic E-state index is -0.209. The highest BCUT2D eigenvalue weighted by Gasteiger charge is 2.22. The van der Waals surface area contributed by atoms with Crippen molar-refractivity contribution >= 4 is 21.8 Å². The smallest absolute Gasteiger partial charge is 0.220 e. The lowest BCUT2D eigenvalue weighted by Crippen LogP contribution is -2.27. The second-order valence-corrected chi connectivity index (χ2v) is 6.20. The average Bonchev–Trinajstić information content (AvgIpc) is 3.21. The number of amides is 1. The lowest BCUT2D eigenvalue weighted by Gasteiger charge is -2.15. The molecule has 1 saturated carbocycles. The topological polar surface area (TPSA) is 41.1 Å². The van der Waals surface area contributed by atoms with Gasteiger partial charge in [0.2, 0.25) is 5.91 Å². The minimum Gasteiger partial charge on any atom is -0.353 e. The summed E-state index contributed by atoms with van der Waals surface area (Å²) in [4.78, 5) is 11.5. The van der Waals surface area contributed by atoms with Gasteiger partial charge in [0, 0.05) is 28.5 Å². The second-order valence-electron chi connectivity index (χ2n) is 5.29. The van der Waals surface area contributed by atoms with E-state index in [1.54, 1.807) is 12.1 Å². The van der Waals surface area contributed by atoms with Gasteiger partial charge >= 0.3 is 0 Å². The largest absolute Gasteiger partial charge is 0.353 e. The van der Waals surface area contributed by atoms with Crippen LogP contribution in [0.2, 0.25) is 0 Å². The fraction of sp³-hybridized carbons (Fsp3) is 0.533. The first-order valence-corrected chi connectivity index (χ1v) is 7.83. The number of hydrogen-bond acceptors (Lipinski definition) is 2. The van der Waals surface area contributed by atoms with Gasteiger partial charge in [-0.2, -0.15) is 0 Å². The van der Waals surface area contributed by atoms with E-state index in [9.17, 15) is 9.18 Å². The van der Waals surface area contributed by atoms with Crippen molar-refractivity contribution in [2.75, 3.05) is 6.54 Å². The van der Waals surface area contributed by atoms with Crippen molar-refractivity contribution in [2.45, 2.75) is 44.7 Å². The highest BCUT2D eigenvalue weighted by atomic mass is 79.9. The Bertz CT molecular complexity index is 477. The number of rotatable bonds is 7. The van der Waals surface area contributed by atoms with Gasteiger partial charge < -0.3 is 10.6 Å². The predicted octanol–water partition coefficient (Wildman–Crippen LogP) is 3.30. The third-order valence-electron chi connectivity index (χ3n) is 3.40. The molecule has 1 amide bonds. The van der Waals surface area contributed by atoms with E-state index >= 15 is 0 Å². The van der Waals surface area contributed by atoms with E-state index in [2.05, 4.69) is 26.6 Å². The van der Waals surface area contributed by atoms with Gasteiger partial charge in [0.1, 0.15) is 5.82 Å². The van der Waals surface area contributed by atoms with Crippen LogP contribution in [0.1, 0.15) is 44.2 Å². The van der Waals surface area contributed by atoms with Crippen molar-refractivity contribution in [3.05, 3.63) is 34.1 Å². The molecule has 3 nitrogen and oxygen atoms in total. The Morgan fingerprint density at radius 1 is 1.50 bits per heavy atom. The lowest BCUT2D eigenvalue weighted by atomic mass is 10.1. The Labute approximate surface area is 127 Å². The summed E-state index contributed by atoms with van der Waals surface area (Å²) in [6.45, 7) is 2.63. The van der Waals surface area contributed by atoms with Crippen LogP contribution in [0.15, 0.2) is 22.7 Å². The van der Waals surface area contributed by atoms with Crippen LogP contribution in [0.5, 0.6) is 0 Å². The van der Waals surface area contributed by atoms with Crippen molar-refractivity contribution in [1.82, 2.24) is 10.6 Å². The maximum atomic E-state index is 13.7. The molecule has 0 saturated heterocycles. The number of carbonyl (C=O) groups is 1. The molecule has 0 aromatic heterocycles. The first-order valence-electron chi connectivity index (χ1n) is 7.04. The van der Waals surface area contributed by atoms with Crippen molar-refractivity contribution in [2.24, 2.45) is 0 Å². The Hall–Kier alpha value is -0.940. The molecule has 2 rings (SSSR count). The van der Waals surface area contributed by atoms with Gasteiger partial charge in [-0.3, -0.25) is 4.79 Å². The van der Waals surface area contributed by atoms with E-state index < -0.39 is 0 Å². The third kappa shape index (κ3) is 4.87. The Morgan fingerprint density at radius 2 is 2.25 bits per heavy atom. The zero-order valence-corrected chi connectivity index (χ0v) is 13.2. The Kier molecular flexibility index (Phi) is 5.54. The molecule has 0 bridgehead atoms. The average molecular weight is 343 g/mol. The van der Waals surface area contributed by atoms with E-state index in [-0.39, 0.29) is 17.8 Å². The molecule has 1 aromatic rings. The molecule has 0 radical (unpaired) electrons. The zero-order chi connectivity index (χ0) is 14.5. The highest BCUT2D eigenvalue weighted by Crippen LogP contribution is 2.21. The fourth-order valence-corrected chi connectivity index (χ4v) is 2.43. The summed E-state index contributed by atoms with van der Waals surface area (Å²) in [5, 5.41) is 6.21. The van der Waals surface area contributed by atoms with E-state index in [4.69, 9.17) is 0 Å². The molecule has 20 heavy (non-hydrogen) atoms. The molecule has 0 heterocycles. The van der Waals surface area contributed by atoms with Gasteiger partial charge in [0.25, 0.3) is 0 Å². The summed E-state index contributed by atoms with van der Waals surface area (Å²) in [7, 11) is 0. The molecule has 2 N–H and O–H groups in total. The van der Waals surface area contributed by atoms with Crippen LogP contribution in [0.25, 0.3) is 0 Å². The predicted molar refractivity (Wildman–Crippen MR) is 80.9 cm³/mol. The van der Waals surface area contributed by atoms with E-state index in [1.165, 1.54) is 6.07 Å². The molecule has 1 aliphatic rings. The summed E-state index contributed by atoms with van der Waals surface area (Å²) in [5.41, 5.74) is 0.641. The summed E-state index contributed by atoms with van der Waals surface area (Å²) in [6.07, 6.45) is 3.52. The molecule has 110 valence electrons. The van der Waals surface area contributed by atoms with Crippen molar-refractivity contribution in [3.63, 3.8) is 0 Å². The van der Waals surface area contributed by atoms with Crippen LogP contribution in [0, 0.1) is 5.82 Å². The molecular weight excluding hydrogens is 323 g/mol. The van der Waals surface area contributed by atoms with Crippen molar-refractivity contribution < 1.29 is 9.18 Å². The second kappa shape index (κ2) is 7.18. The van der Waals surface area contributed by atoms with Gasteiger partial charge in [0.15, 0.2) is 0 Å². The molecule has 1 fully saturated rings. The van der Waals surface area contributed by atoms with E-state index in [0.717, 1.165) is 23.7 Å². The lowest BCUT2D eigenvalue weighted by molar-refractivity contribution is -0.121. The summed E-state index contributed by atoms with van der Waals surface area (Å²) in [6, 6.07) is 5.28. The zero-order valence-electron chi connectivity index (χ0n) is 11.6. The third-order valence-corrected chi connectivity index (χ3v) is 3.89. The molecule has 1 unspecified atom stereocenters. The Balaban J connectivity index is 1.70. The Morgan fingerprint density at radius 3 is 2.95 bits per heavy atom. The summed E-state index contributed by atoms with van der Waals surface area (Å²) < 4.78 is 14.5. The maximum Gasteiger partial charge on any atom is 0.220 e.